The smallest absolute Gasteiger partial charge is 0.00131 e. The summed E-state index contributed by atoms with van der Waals surface area (Å²) in [5.41, 5.74) is 13.1. The predicted molar refractivity (Wildman–Crippen MR) is 94.4 cm³/mol. The van der Waals surface area contributed by atoms with Crippen molar-refractivity contribution in [1.82, 2.24) is 0 Å². The van der Waals surface area contributed by atoms with Gasteiger partial charge >= 0.3 is 0 Å². The Morgan fingerprint density at radius 3 is 1.95 bits per heavy atom. The lowest BCUT2D eigenvalue weighted by molar-refractivity contribution is 1.23. The summed E-state index contributed by atoms with van der Waals surface area (Å²) in [4.78, 5) is 0. The van der Waals surface area contributed by atoms with E-state index in [2.05, 4.69) is 61.5 Å². The fourth-order valence-corrected chi connectivity index (χ4v) is 3.96. The number of benzene rings is 3. The van der Waals surface area contributed by atoms with Gasteiger partial charge in [-0.1, -0.05) is 55.5 Å². The van der Waals surface area contributed by atoms with Gasteiger partial charge in [-0.25, -0.2) is 0 Å². The average Bonchev–Trinajstić information content (AvgIpc) is 3.01. The molecule has 3 aromatic rings. The molecule has 0 nitrogen and oxygen atoms in total. The van der Waals surface area contributed by atoms with E-state index in [0.717, 1.165) is 12.8 Å². The molecule has 0 radical (unpaired) electrons. The summed E-state index contributed by atoms with van der Waals surface area (Å²) in [5.74, 6) is 0. The highest BCUT2D eigenvalue weighted by molar-refractivity contribution is 5.85. The third-order valence-corrected chi connectivity index (χ3v) is 4.95. The van der Waals surface area contributed by atoms with Crippen molar-refractivity contribution < 1.29 is 0 Å². The Labute approximate surface area is 132 Å². The second-order valence-corrected chi connectivity index (χ2v) is 6.34. The first-order valence-electron chi connectivity index (χ1n) is 7.63. The second kappa shape index (κ2) is 4.58. The molecule has 5 rings (SSSR count). The highest BCUT2D eigenvalue weighted by Gasteiger charge is 2.24. The molecule has 0 bridgehead atoms. The van der Waals surface area contributed by atoms with Crippen LogP contribution in [0.3, 0.4) is 0 Å². The van der Waals surface area contributed by atoms with E-state index in [1.165, 1.54) is 50.1 Å². The summed E-state index contributed by atoms with van der Waals surface area (Å²) >= 11 is 0. The third-order valence-electron chi connectivity index (χ3n) is 4.95. The zero-order valence-electron chi connectivity index (χ0n) is 12.1. The van der Waals surface area contributed by atoms with Gasteiger partial charge in [-0.3, -0.25) is 0 Å². The fraction of sp³-hybridized carbons (Fsp3) is 0.182. The van der Waals surface area contributed by atoms with Gasteiger partial charge < -0.3 is 0 Å². The zero-order chi connectivity index (χ0) is 14.0. The molecule has 0 fully saturated rings. The van der Waals surface area contributed by atoms with E-state index in [1.54, 1.807) is 0 Å². The van der Waals surface area contributed by atoms with Gasteiger partial charge in [0.2, 0.25) is 0 Å². The van der Waals surface area contributed by atoms with E-state index in [0.29, 0.717) is 0 Å². The van der Waals surface area contributed by atoms with E-state index in [1.807, 2.05) is 0 Å². The maximum absolute atomic E-state index is 2.44. The molecule has 2 aliphatic carbocycles. The van der Waals surface area contributed by atoms with E-state index in [-0.39, 0.29) is 7.43 Å². The van der Waals surface area contributed by atoms with Crippen LogP contribution in [-0.4, -0.2) is 0 Å². The van der Waals surface area contributed by atoms with Crippen molar-refractivity contribution >= 4 is 0 Å². The molecule has 2 aliphatic rings. The Kier molecular flexibility index (Phi) is 2.77. The monoisotopic (exact) mass is 284 g/mol. The van der Waals surface area contributed by atoms with E-state index in [9.17, 15) is 0 Å². The molecule has 0 saturated carbocycles. The van der Waals surface area contributed by atoms with Crippen LogP contribution in [0.4, 0.5) is 0 Å². The van der Waals surface area contributed by atoms with Crippen molar-refractivity contribution in [2.24, 2.45) is 0 Å². The van der Waals surface area contributed by atoms with Gasteiger partial charge in [0, 0.05) is 0 Å². The minimum atomic E-state index is 0. The second-order valence-electron chi connectivity index (χ2n) is 6.34. The molecular weight excluding hydrogens is 264 g/mol. The number of hydrogen-bond donors (Lipinski definition) is 0. The van der Waals surface area contributed by atoms with Crippen LogP contribution in [0.5, 0.6) is 0 Å². The minimum absolute atomic E-state index is 0. The number of aryl methyl sites for hydroxylation is 1. The first kappa shape index (κ1) is 13.3. The van der Waals surface area contributed by atoms with Crippen LogP contribution in [0.25, 0.3) is 22.3 Å². The molecule has 0 aromatic heterocycles. The molecule has 0 saturated heterocycles. The Hall–Kier alpha value is -2.34. The first-order chi connectivity index (χ1) is 10.3. The lowest BCUT2D eigenvalue weighted by Crippen LogP contribution is -1.85. The molecule has 3 aromatic carbocycles. The van der Waals surface area contributed by atoms with Gasteiger partial charge in [0.15, 0.2) is 0 Å². The highest BCUT2D eigenvalue weighted by atomic mass is 14.3. The van der Waals surface area contributed by atoms with E-state index >= 15 is 0 Å². The summed E-state index contributed by atoms with van der Waals surface area (Å²) in [5, 5.41) is 0. The SMILES string of the molecule is C.Cc1ccc2c(c1)Cc1cc3c(cc1-2)Cc1ccccc1-3. The Bertz CT molecular complexity index is 900. The van der Waals surface area contributed by atoms with Gasteiger partial charge in [-0.15, -0.1) is 0 Å². The third kappa shape index (κ3) is 1.70. The van der Waals surface area contributed by atoms with Crippen LogP contribution in [0.1, 0.15) is 35.2 Å². The lowest BCUT2D eigenvalue weighted by Gasteiger charge is -2.06. The van der Waals surface area contributed by atoms with E-state index < -0.39 is 0 Å². The van der Waals surface area contributed by atoms with Crippen LogP contribution >= 0.6 is 0 Å². The molecular formula is C22H20. The topological polar surface area (TPSA) is 0 Å². The molecule has 0 atom stereocenters. The quantitative estimate of drug-likeness (QED) is 0.338. The fourth-order valence-electron chi connectivity index (χ4n) is 3.96. The molecule has 108 valence electrons. The average molecular weight is 284 g/mol. The number of rotatable bonds is 0. The van der Waals surface area contributed by atoms with E-state index in [4.69, 9.17) is 0 Å². The number of hydrogen-bond acceptors (Lipinski definition) is 0. The van der Waals surface area contributed by atoms with Crippen LogP contribution in [0.15, 0.2) is 54.6 Å². The summed E-state index contributed by atoms with van der Waals surface area (Å²) in [6, 6.07) is 20.6. The van der Waals surface area contributed by atoms with Crippen molar-refractivity contribution in [2.45, 2.75) is 27.2 Å². The number of fused-ring (bicyclic) bond motifs is 6. The summed E-state index contributed by atoms with van der Waals surface area (Å²) < 4.78 is 0. The summed E-state index contributed by atoms with van der Waals surface area (Å²) in [7, 11) is 0. The predicted octanol–water partition coefficient (Wildman–Crippen LogP) is 5.77. The summed E-state index contributed by atoms with van der Waals surface area (Å²) in [6.07, 6.45) is 2.17. The van der Waals surface area contributed by atoms with Gasteiger partial charge in [-0.05, 0) is 76.4 Å². The van der Waals surface area contributed by atoms with Crippen LogP contribution in [0.2, 0.25) is 0 Å². The Morgan fingerprint density at radius 1 is 0.591 bits per heavy atom. The maximum Gasteiger partial charge on any atom is -0.00131 e. The first-order valence-corrected chi connectivity index (χ1v) is 7.63. The molecule has 0 N–H and O–H groups in total. The highest BCUT2D eigenvalue weighted by Crippen LogP contribution is 2.44. The van der Waals surface area contributed by atoms with Crippen molar-refractivity contribution in [3.63, 3.8) is 0 Å². The molecule has 0 spiro atoms. The van der Waals surface area contributed by atoms with Gasteiger partial charge in [-0.2, -0.15) is 0 Å². The van der Waals surface area contributed by atoms with Gasteiger partial charge in [0.1, 0.15) is 0 Å². The van der Waals surface area contributed by atoms with Gasteiger partial charge in [0.25, 0.3) is 0 Å². The summed E-state index contributed by atoms with van der Waals surface area (Å²) in [6.45, 7) is 2.18. The zero-order valence-corrected chi connectivity index (χ0v) is 12.1. The van der Waals surface area contributed by atoms with Gasteiger partial charge in [0.05, 0.1) is 0 Å². The molecule has 0 heteroatoms. The van der Waals surface area contributed by atoms with Crippen molar-refractivity contribution in [1.29, 1.82) is 0 Å². The van der Waals surface area contributed by atoms with Crippen molar-refractivity contribution in [3.8, 4) is 22.3 Å². The van der Waals surface area contributed by atoms with Crippen molar-refractivity contribution in [2.75, 3.05) is 0 Å². The maximum atomic E-state index is 2.44. The van der Waals surface area contributed by atoms with Crippen LogP contribution < -0.4 is 0 Å². The molecule has 0 amide bonds. The normalized spacial score (nSPS) is 13.0. The molecule has 0 heterocycles. The lowest BCUT2D eigenvalue weighted by atomic mass is 9.98. The van der Waals surface area contributed by atoms with Crippen LogP contribution in [-0.2, 0) is 12.8 Å². The largest absolute Gasteiger partial charge is 0.0776 e. The van der Waals surface area contributed by atoms with Crippen molar-refractivity contribution in [3.05, 3.63) is 82.4 Å². The Morgan fingerprint density at radius 2 is 1.18 bits per heavy atom. The molecule has 0 aliphatic heterocycles. The van der Waals surface area contributed by atoms with Crippen LogP contribution in [0, 0.1) is 6.92 Å². The molecule has 22 heavy (non-hydrogen) atoms. The standard InChI is InChI=1S/C21H16.CH4/c1-13-6-7-19-15(8-13)10-17-12-20-16(11-21(17)19)9-14-4-2-3-5-18(14)20;/h2-8,11-12H,9-10H2,1H3;1H4. The Balaban J connectivity index is 0.00000125. The molecule has 0 unspecified atom stereocenters. The minimum Gasteiger partial charge on any atom is -0.0776 e.